The fourth-order valence-electron chi connectivity index (χ4n) is 2.61. The van der Waals surface area contributed by atoms with Gasteiger partial charge in [0, 0.05) is 18.3 Å². The number of nitrogens with zero attached hydrogens (tertiary/aromatic N) is 2. The van der Waals surface area contributed by atoms with Crippen LogP contribution in [0.5, 0.6) is 0 Å². The molecule has 1 saturated carbocycles. The molecular formula is C16H24N4O. The maximum atomic E-state index is 12.0. The van der Waals surface area contributed by atoms with Gasteiger partial charge < -0.3 is 10.6 Å². The van der Waals surface area contributed by atoms with Crippen LogP contribution in [-0.2, 0) is 0 Å². The third-order valence-electron chi connectivity index (χ3n) is 3.68. The number of aromatic nitrogens is 2. The highest BCUT2D eigenvalue weighted by Gasteiger charge is 2.15. The Kier molecular flexibility index (Phi) is 5.72. The third kappa shape index (κ3) is 4.85. The molecule has 1 heterocycles. The molecule has 1 amide bonds. The summed E-state index contributed by atoms with van der Waals surface area (Å²) in [4.78, 5) is 20.7. The van der Waals surface area contributed by atoms with Crippen LogP contribution < -0.4 is 10.6 Å². The third-order valence-corrected chi connectivity index (χ3v) is 3.68. The van der Waals surface area contributed by atoms with Gasteiger partial charge in [-0.2, -0.15) is 0 Å². The molecule has 0 bridgehead atoms. The lowest BCUT2D eigenvalue weighted by atomic mass is 10.1. The van der Waals surface area contributed by atoms with E-state index in [2.05, 4.69) is 27.2 Å². The highest BCUT2D eigenvalue weighted by atomic mass is 16.1. The van der Waals surface area contributed by atoms with Gasteiger partial charge in [-0.05, 0) is 25.8 Å². The molecule has 0 atom stereocenters. The standard InChI is InChI=1S/C16H24N4O/c1-3-10-17-15(21)14-11-12(2)18-16(20-14)19-13-8-6-4-5-7-9-13/h3,11,13H,1,4-10H2,2H3,(H,17,21)(H,18,19,20). The number of aryl methyl sites for hydroxylation is 1. The summed E-state index contributed by atoms with van der Waals surface area (Å²) in [5, 5.41) is 6.13. The molecule has 0 aromatic carbocycles. The maximum absolute atomic E-state index is 12.0. The Hall–Kier alpha value is -1.91. The van der Waals surface area contributed by atoms with Crippen molar-refractivity contribution in [2.24, 2.45) is 0 Å². The first-order valence-corrected chi connectivity index (χ1v) is 7.70. The second kappa shape index (κ2) is 7.76. The molecule has 0 spiro atoms. The second-order valence-corrected chi connectivity index (χ2v) is 5.55. The van der Waals surface area contributed by atoms with Gasteiger partial charge >= 0.3 is 0 Å². The molecule has 5 heteroatoms. The smallest absolute Gasteiger partial charge is 0.270 e. The maximum Gasteiger partial charge on any atom is 0.270 e. The van der Waals surface area contributed by atoms with Crippen molar-refractivity contribution in [3.63, 3.8) is 0 Å². The van der Waals surface area contributed by atoms with E-state index in [9.17, 15) is 4.79 Å². The van der Waals surface area contributed by atoms with Crippen molar-refractivity contribution in [2.75, 3.05) is 11.9 Å². The van der Waals surface area contributed by atoms with E-state index in [0.717, 1.165) is 18.5 Å². The van der Waals surface area contributed by atoms with Gasteiger partial charge in [0.2, 0.25) is 5.95 Å². The SMILES string of the molecule is C=CCNC(=O)c1cc(C)nc(NC2CCCCCC2)n1. The van der Waals surface area contributed by atoms with Crippen molar-refractivity contribution in [1.82, 2.24) is 15.3 Å². The van der Waals surface area contributed by atoms with E-state index in [0.29, 0.717) is 24.2 Å². The van der Waals surface area contributed by atoms with Gasteiger partial charge in [-0.25, -0.2) is 9.97 Å². The number of carbonyl (C=O) groups excluding carboxylic acids is 1. The normalized spacial score (nSPS) is 16.0. The van der Waals surface area contributed by atoms with Crippen LogP contribution in [0.4, 0.5) is 5.95 Å². The summed E-state index contributed by atoms with van der Waals surface area (Å²) in [6, 6.07) is 2.12. The van der Waals surface area contributed by atoms with Gasteiger partial charge in [0.05, 0.1) is 0 Å². The van der Waals surface area contributed by atoms with Crippen LogP contribution in [0.2, 0.25) is 0 Å². The Morgan fingerprint density at radius 1 is 1.33 bits per heavy atom. The van der Waals surface area contributed by atoms with Crippen molar-refractivity contribution in [1.29, 1.82) is 0 Å². The van der Waals surface area contributed by atoms with Crippen molar-refractivity contribution >= 4 is 11.9 Å². The molecule has 114 valence electrons. The molecule has 1 aliphatic rings. The monoisotopic (exact) mass is 288 g/mol. The van der Waals surface area contributed by atoms with E-state index in [1.54, 1.807) is 12.1 Å². The molecule has 0 unspecified atom stereocenters. The minimum Gasteiger partial charge on any atom is -0.351 e. The average molecular weight is 288 g/mol. The molecular weight excluding hydrogens is 264 g/mol. The van der Waals surface area contributed by atoms with E-state index < -0.39 is 0 Å². The minimum absolute atomic E-state index is 0.190. The Morgan fingerprint density at radius 2 is 2.05 bits per heavy atom. The zero-order chi connectivity index (χ0) is 15.1. The molecule has 5 nitrogen and oxygen atoms in total. The molecule has 0 aliphatic heterocycles. The van der Waals surface area contributed by atoms with E-state index in [4.69, 9.17) is 0 Å². The Morgan fingerprint density at radius 3 is 2.71 bits per heavy atom. The van der Waals surface area contributed by atoms with Crippen LogP contribution in [0.15, 0.2) is 18.7 Å². The molecule has 2 rings (SSSR count). The number of amides is 1. The first-order chi connectivity index (χ1) is 10.2. The molecule has 0 radical (unpaired) electrons. The fourth-order valence-corrected chi connectivity index (χ4v) is 2.61. The summed E-state index contributed by atoms with van der Waals surface area (Å²) < 4.78 is 0. The minimum atomic E-state index is -0.190. The first-order valence-electron chi connectivity index (χ1n) is 7.70. The van der Waals surface area contributed by atoms with Crippen LogP contribution in [-0.4, -0.2) is 28.5 Å². The molecule has 1 fully saturated rings. The van der Waals surface area contributed by atoms with Crippen molar-refractivity contribution < 1.29 is 4.79 Å². The van der Waals surface area contributed by atoms with Gasteiger partial charge in [0.15, 0.2) is 0 Å². The van der Waals surface area contributed by atoms with E-state index in [-0.39, 0.29) is 5.91 Å². The molecule has 21 heavy (non-hydrogen) atoms. The quantitative estimate of drug-likeness (QED) is 0.646. The number of anilines is 1. The van der Waals surface area contributed by atoms with E-state index in [1.165, 1.54) is 25.7 Å². The number of nitrogens with one attached hydrogen (secondary N) is 2. The first kappa shape index (κ1) is 15.5. The largest absolute Gasteiger partial charge is 0.351 e. The molecule has 1 aromatic rings. The van der Waals surface area contributed by atoms with Crippen LogP contribution in [0, 0.1) is 6.92 Å². The number of rotatable bonds is 5. The molecule has 1 aromatic heterocycles. The summed E-state index contributed by atoms with van der Waals surface area (Å²) in [5.74, 6) is 0.370. The summed E-state index contributed by atoms with van der Waals surface area (Å²) in [6.45, 7) is 5.90. The molecule has 2 N–H and O–H groups in total. The zero-order valence-electron chi connectivity index (χ0n) is 12.7. The fraction of sp³-hybridized carbons (Fsp3) is 0.562. The van der Waals surface area contributed by atoms with E-state index >= 15 is 0 Å². The van der Waals surface area contributed by atoms with Crippen molar-refractivity contribution in [2.45, 2.75) is 51.5 Å². The molecule has 1 aliphatic carbocycles. The lowest BCUT2D eigenvalue weighted by Crippen LogP contribution is -2.26. The lowest BCUT2D eigenvalue weighted by Gasteiger charge is -2.16. The number of hydrogen-bond acceptors (Lipinski definition) is 4. The Balaban J connectivity index is 2.06. The summed E-state index contributed by atoms with van der Waals surface area (Å²) in [6.07, 6.45) is 9.05. The van der Waals surface area contributed by atoms with E-state index in [1.807, 2.05) is 6.92 Å². The number of hydrogen-bond donors (Lipinski definition) is 2. The van der Waals surface area contributed by atoms with Gasteiger partial charge in [0.25, 0.3) is 5.91 Å². The summed E-state index contributed by atoms with van der Waals surface area (Å²) >= 11 is 0. The average Bonchev–Trinajstić information content (AvgIpc) is 2.72. The topological polar surface area (TPSA) is 66.9 Å². The van der Waals surface area contributed by atoms with Crippen molar-refractivity contribution in [3.8, 4) is 0 Å². The van der Waals surface area contributed by atoms with Crippen LogP contribution in [0.3, 0.4) is 0 Å². The highest BCUT2D eigenvalue weighted by Crippen LogP contribution is 2.20. The van der Waals surface area contributed by atoms with Gasteiger partial charge in [-0.1, -0.05) is 31.8 Å². The highest BCUT2D eigenvalue weighted by molar-refractivity contribution is 5.92. The zero-order valence-corrected chi connectivity index (χ0v) is 12.7. The lowest BCUT2D eigenvalue weighted by molar-refractivity contribution is 0.0953. The van der Waals surface area contributed by atoms with Gasteiger partial charge in [-0.3, -0.25) is 4.79 Å². The summed E-state index contributed by atoms with van der Waals surface area (Å²) in [5.41, 5.74) is 1.20. The van der Waals surface area contributed by atoms with Crippen LogP contribution in [0.25, 0.3) is 0 Å². The Labute approximate surface area is 126 Å². The summed E-state index contributed by atoms with van der Waals surface area (Å²) in [7, 11) is 0. The Bertz CT molecular complexity index is 493. The predicted molar refractivity (Wildman–Crippen MR) is 84.4 cm³/mol. The van der Waals surface area contributed by atoms with Crippen molar-refractivity contribution in [3.05, 3.63) is 30.1 Å². The van der Waals surface area contributed by atoms with Gasteiger partial charge in [-0.15, -0.1) is 6.58 Å². The number of carbonyl (C=O) groups is 1. The molecule has 0 saturated heterocycles. The van der Waals surface area contributed by atoms with Crippen LogP contribution in [0.1, 0.15) is 54.7 Å². The second-order valence-electron chi connectivity index (χ2n) is 5.55. The van der Waals surface area contributed by atoms with Gasteiger partial charge in [0.1, 0.15) is 5.69 Å². The van der Waals surface area contributed by atoms with Crippen LogP contribution >= 0.6 is 0 Å². The predicted octanol–water partition coefficient (Wildman–Crippen LogP) is 2.84.